The van der Waals surface area contributed by atoms with Crippen molar-refractivity contribution >= 4 is 15.5 Å². The van der Waals surface area contributed by atoms with Crippen LogP contribution in [-0.2, 0) is 9.84 Å². The van der Waals surface area contributed by atoms with Crippen LogP contribution in [0.15, 0.2) is 24.3 Å². The molecule has 0 unspecified atom stereocenters. The highest BCUT2D eigenvalue weighted by Crippen LogP contribution is 2.23. The van der Waals surface area contributed by atoms with Gasteiger partial charge in [-0.15, -0.1) is 0 Å². The Hall–Kier alpha value is -1.03. The van der Waals surface area contributed by atoms with E-state index in [9.17, 15) is 8.42 Å². The highest BCUT2D eigenvalue weighted by Gasteiger charge is 2.28. The van der Waals surface area contributed by atoms with Crippen LogP contribution in [0.25, 0.3) is 0 Å². The molecule has 1 rings (SSSR count). The standard InChI is InChI=1S/C15H25NO2S/c1-12(2)13-8-6-7-9-14(13)16-10-11-19(17,18)15(3,4)5/h6-9,12,16H,10-11H2,1-5H3. The van der Waals surface area contributed by atoms with Crippen molar-refractivity contribution in [2.45, 2.75) is 45.3 Å². The van der Waals surface area contributed by atoms with Gasteiger partial charge in [-0.2, -0.15) is 0 Å². The molecule has 0 aromatic heterocycles. The van der Waals surface area contributed by atoms with E-state index in [1.165, 1.54) is 5.56 Å². The summed E-state index contributed by atoms with van der Waals surface area (Å²) in [7, 11) is -3.06. The minimum Gasteiger partial charge on any atom is -0.384 e. The van der Waals surface area contributed by atoms with Gasteiger partial charge in [0.2, 0.25) is 0 Å². The molecule has 0 aliphatic carbocycles. The van der Waals surface area contributed by atoms with Crippen LogP contribution in [-0.4, -0.2) is 25.5 Å². The minimum absolute atomic E-state index is 0.156. The molecule has 1 aromatic carbocycles. The molecule has 19 heavy (non-hydrogen) atoms. The smallest absolute Gasteiger partial charge is 0.156 e. The Balaban J connectivity index is 2.70. The van der Waals surface area contributed by atoms with Gasteiger partial charge in [0.15, 0.2) is 9.84 Å². The molecule has 1 aromatic rings. The second kappa shape index (κ2) is 5.95. The van der Waals surface area contributed by atoms with Crippen LogP contribution in [0.5, 0.6) is 0 Å². The zero-order chi connectivity index (χ0) is 14.7. The maximum atomic E-state index is 12.0. The SMILES string of the molecule is CC(C)c1ccccc1NCCS(=O)(=O)C(C)(C)C. The van der Waals surface area contributed by atoms with E-state index in [4.69, 9.17) is 0 Å². The van der Waals surface area contributed by atoms with Crippen molar-refractivity contribution in [2.24, 2.45) is 0 Å². The third-order valence-corrected chi connectivity index (χ3v) is 5.81. The van der Waals surface area contributed by atoms with E-state index in [1.807, 2.05) is 18.2 Å². The largest absolute Gasteiger partial charge is 0.384 e. The molecule has 0 heterocycles. The average molecular weight is 283 g/mol. The Kier molecular flexibility index (Phi) is 5.02. The Morgan fingerprint density at radius 2 is 1.74 bits per heavy atom. The number of sulfone groups is 1. The van der Waals surface area contributed by atoms with Crippen LogP contribution in [0.1, 0.15) is 46.1 Å². The van der Waals surface area contributed by atoms with Gasteiger partial charge in [-0.3, -0.25) is 0 Å². The van der Waals surface area contributed by atoms with Crippen LogP contribution in [0.2, 0.25) is 0 Å². The summed E-state index contributed by atoms with van der Waals surface area (Å²) < 4.78 is 23.4. The van der Waals surface area contributed by atoms with Crippen molar-refractivity contribution in [3.05, 3.63) is 29.8 Å². The number of nitrogens with one attached hydrogen (secondary N) is 1. The number of para-hydroxylation sites is 1. The fourth-order valence-electron chi connectivity index (χ4n) is 1.79. The molecule has 108 valence electrons. The Labute approximate surface area is 117 Å². The van der Waals surface area contributed by atoms with E-state index in [-0.39, 0.29) is 5.75 Å². The van der Waals surface area contributed by atoms with E-state index >= 15 is 0 Å². The molecule has 0 radical (unpaired) electrons. The van der Waals surface area contributed by atoms with Gasteiger partial charge in [0.25, 0.3) is 0 Å². The first-order chi connectivity index (χ1) is 8.65. The molecule has 0 spiro atoms. The lowest BCUT2D eigenvalue weighted by atomic mass is 10.0. The highest BCUT2D eigenvalue weighted by atomic mass is 32.2. The number of hydrogen-bond acceptors (Lipinski definition) is 3. The van der Waals surface area contributed by atoms with Gasteiger partial charge in [-0.1, -0.05) is 32.0 Å². The van der Waals surface area contributed by atoms with Crippen LogP contribution < -0.4 is 5.32 Å². The molecule has 0 bridgehead atoms. The molecule has 4 heteroatoms. The van der Waals surface area contributed by atoms with Crippen molar-refractivity contribution in [2.75, 3.05) is 17.6 Å². The number of rotatable bonds is 5. The molecule has 0 aliphatic heterocycles. The van der Waals surface area contributed by atoms with Crippen LogP contribution in [0.3, 0.4) is 0 Å². The fraction of sp³-hybridized carbons (Fsp3) is 0.600. The molecule has 0 atom stereocenters. The van der Waals surface area contributed by atoms with Gasteiger partial charge in [0.05, 0.1) is 10.5 Å². The topological polar surface area (TPSA) is 46.2 Å². The summed E-state index contributed by atoms with van der Waals surface area (Å²) >= 11 is 0. The molecule has 0 saturated carbocycles. The molecule has 3 nitrogen and oxygen atoms in total. The number of benzene rings is 1. The molecule has 1 N–H and O–H groups in total. The highest BCUT2D eigenvalue weighted by molar-refractivity contribution is 7.92. The van der Waals surface area contributed by atoms with Crippen molar-refractivity contribution in [3.8, 4) is 0 Å². The summed E-state index contributed by atoms with van der Waals surface area (Å²) in [5.41, 5.74) is 2.25. The summed E-state index contributed by atoms with van der Waals surface area (Å²) in [6.45, 7) is 9.93. The van der Waals surface area contributed by atoms with Gasteiger partial charge in [-0.05, 0) is 38.3 Å². The summed E-state index contributed by atoms with van der Waals surface area (Å²) in [5.74, 6) is 0.575. The van der Waals surface area contributed by atoms with Gasteiger partial charge in [-0.25, -0.2) is 8.42 Å². The van der Waals surface area contributed by atoms with Gasteiger partial charge in [0, 0.05) is 12.2 Å². The Morgan fingerprint density at radius 1 is 1.16 bits per heavy atom. The van der Waals surface area contributed by atoms with E-state index in [2.05, 4.69) is 25.2 Å². The number of anilines is 1. The molecule has 0 saturated heterocycles. The second-order valence-corrected chi connectivity index (χ2v) is 8.96. The van der Waals surface area contributed by atoms with Gasteiger partial charge < -0.3 is 5.32 Å². The van der Waals surface area contributed by atoms with Crippen molar-refractivity contribution < 1.29 is 8.42 Å². The summed E-state index contributed by atoms with van der Waals surface area (Å²) in [6.07, 6.45) is 0. The molecule has 0 aliphatic rings. The maximum Gasteiger partial charge on any atom is 0.156 e. The lowest BCUT2D eigenvalue weighted by Crippen LogP contribution is -2.33. The third kappa shape index (κ3) is 4.23. The van der Waals surface area contributed by atoms with Crippen LogP contribution >= 0.6 is 0 Å². The van der Waals surface area contributed by atoms with Gasteiger partial charge in [0.1, 0.15) is 0 Å². The number of hydrogen-bond donors (Lipinski definition) is 1. The fourth-order valence-corrected chi connectivity index (χ4v) is 2.77. The minimum atomic E-state index is -3.06. The van der Waals surface area contributed by atoms with E-state index < -0.39 is 14.6 Å². The van der Waals surface area contributed by atoms with E-state index in [0.29, 0.717) is 12.5 Å². The summed E-state index contributed by atoms with van der Waals surface area (Å²) in [5, 5.41) is 3.24. The van der Waals surface area contributed by atoms with Gasteiger partial charge >= 0.3 is 0 Å². The van der Waals surface area contributed by atoms with Crippen molar-refractivity contribution in [3.63, 3.8) is 0 Å². The third-order valence-electron chi connectivity index (χ3n) is 3.20. The molecular weight excluding hydrogens is 258 g/mol. The van der Waals surface area contributed by atoms with E-state index in [0.717, 1.165) is 5.69 Å². The first-order valence-corrected chi connectivity index (χ1v) is 8.35. The summed E-state index contributed by atoms with van der Waals surface area (Å²) in [6, 6.07) is 8.04. The quantitative estimate of drug-likeness (QED) is 0.900. The average Bonchev–Trinajstić information content (AvgIpc) is 2.27. The maximum absolute atomic E-state index is 12.0. The van der Waals surface area contributed by atoms with E-state index in [1.54, 1.807) is 20.8 Å². The molecule has 0 amide bonds. The monoisotopic (exact) mass is 283 g/mol. The Morgan fingerprint density at radius 3 is 2.26 bits per heavy atom. The predicted octanol–water partition coefficient (Wildman–Crippen LogP) is 3.44. The predicted molar refractivity (Wildman–Crippen MR) is 82.6 cm³/mol. The van der Waals surface area contributed by atoms with Crippen LogP contribution in [0, 0.1) is 0 Å². The lowest BCUT2D eigenvalue weighted by Gasteiger charge is -2.20. The van der Waals surface area contributed by atoms with Crippen molar-refractivity contribution in [1.82, 2.24) is 0 Å². The first-order valence-electron chi connectivity index (χ1n) is 6.70. The lowest BCUT2D eigenvalue weighted by molar-refractivity contribution is 0.560. The van der Waals surface area contributed by atoms with Crippen molar-refractivity contribution in [1.29, 1.82) is 0 Å². The summed E-state index contributed by atoms with van der Waals surface area (Å²) in [4.78, 5) is 0. The zero-order valence-corrected chi connectivity index (χ0v) is 13.3. The molecular formula is C15H25NO2S. The first kappa shape index (κ1) is 16.0. The zero-order valence-electron chi connectivity index (χ0n) is 12.5. The Bertz CT molecular complexity index is 513. The molecule has 0 fully saturated rings. The van der Waals surface area contributed by atoms with Crippen LogP contribution in [0.4, 0.5) is 5.69 Å². The normalized spacial score (nSPS) is 12.7. The second-order valence-electron chi connectivity index (χ2n) is 6.10.